The highest BCUT2D eigenvalue weighted by Gasteiger charge is 2.48. The van der Waals surface area contributed by atoms with Gasteiger partial charge in [0.2, 0.25) is 0 Å². The van der Waals surface area contributed by atoms with Gasteiger partial charge in [0.25, 0.3) is 5.91 Å². The summed E-state index contributed by atoms with van der Waals surface area (Å²) in [5, 5.41) is 3.21. The van der Waals surface area contributed by atoms with E-state index in [1.165, 1.54) is 0 Å². The fourth-order valence-corrected chi connectivity index (χ4v) is 6.63. The van der Waals surface area contributed by atoms with Crippen molar-refractivity contribution in [1.29, 1.82) is 0 Å². The van der Waals surface area contributed by atoms with E-state index in [4.69, 9.17) is 16.3 Å². The zero-order valence-electron chi connectivity index (χ0n) is 23.9. The molecule has 1 aliphatic heterocycles. The number of hydrogen-bond donors (Lipinski definition) is 1. The van der Waals surface area contributed by atoms with Gasteiger partial charge in [0.05, 0.1) is 10.7 Å². The van der Waals surface area contributed by atoms with Crippen LogP contribution in [0, 0.1) is 10.8 Å². The second-order valence-electron chi connectivity index (χ2n) is 12.7. The van der Waals surface area contributed by atoms with Gasteiger partial charge in [0.1, 0.15) is 5.75 Å². The number of halogens is 1. The van der Waals surface area contributed by atoms with Gasteiger partial charge in [-0.1, -0.05) is 63.6 Å². The van der Waals surface area contributed by atoms with E-state index in [0.29, 0.717) is 35.8 Å². The van der Waals surface area contributed by atoms with E-state index in [9.17, 15) is 14.4 Å². The van der Waals surface area contributed by atoms with Crippen molar-refractivity contribution in [2.75, 3.05) is 18.5 Å². The summed E-state index contributed by atoms with van der Waals surface area (Å²) in [6.07, 6.45) is 2.45. The molecule has 210 valence electrons. The SMILES string of the molecule is CCN1C2=C(C(=O)CC(C)(C)C2)C(c2cccc(OCC(=O)Nc3ccccc3Cl)c2)C2=C1CC(C)(C)CC2=O. The molecule has 0 spiro atoms. The Balaban J connectivity index is 1.51. The Bertz CT molecular complexity index is 1400. The van der Waals surface area contributed by atoms with Crippen LogP contribution >= 0.6 is 11.6 Å². The average Bonchev–Trinajstić information content (AvgIpc) is 2.86. The number of rotatable bonds is 6. The minimum absolute atomic E-state index is 0.101. The van der Waals surface area contributed by atoms with E-state index in [0.717, 1.165) is 40.9 Å². The Morgan fingerprint density at radius 2 is 1.52 bits per heavy atom. The van der Waals surface area contributed by atoms with E-state index in [1.807, 2.05) is 18.2 Å². The Kier molecular flexibility index (Phi) is 7.43. The third-order valence-electron chi connectivity index (χ3n) is 8.05. The highest BCUT2D eigenvalue weighted by molar-refractivity contribution is 6.33. The summed E-state index contributed by atoms with van der Waals surface area (Å²) in [5.74, 6) is -0.0746. The van der Waals surface area contributed by atoms with Crippen LogP contribution in [0.1, 0.15) is 71.8 Å². The number of benzene rings is 2. The van der Waals surface area contributed by atoms with Crippen molar-refractivity contribution >= 4 is 34.8 Å². The monoisotopic (exact) mass is 560 g/mol. The van der Waals surface area contributed by atoms with E-state index < -0.39 is 5.92 Å². The van der Waals surface area contributed by atoms with E-state index in [2.05, 4.69) is 44.8 Å². The molecule has 0 saturated carbocycles. The number of carbonyl (C=O) groups excluding carboxylic acids is 3. The lowest BCUT2D eigenvalue weighted by Gasteiger charge is -2.48. The molecule has 2 aromatic carbocycles. The summed E-state index contributed by atoms with van der Waals surface area (Å²) >= 11 is 6.16. The Hall–Kier alpha value is -3.38. The standard InChI is InChI=1S/C33H37ClN2O4/c1-6-36-24-15-32(2,3)17-26(37)30(24)29(31-25(36)16-33(4,5)18-27(31)38)20-10-9-11-21(14-20)40-19-28(39)35-23-13-8-7-12-22(23)34/h7-14,29H,6,15-19H2,1-5H3,(H,35,39). The van der Waals surface area contributed by atoms with Gasteiger partial charge >= 0.3 is 0 Å². The minimum Gasteiger partial charge on any atom is -0.484 e. The fourth-order valence-electron chi connectivity index (χ4n) is 6.44. The molecule has 0 fully saturated rings. The smallest absolute Gasteiger partial charge is 0.262 e. The highest BCUT2D eigenvalue weighted by Crippen LogP contribution is 2.54. The zero-order chi connectivity index (χ0) is 28.8. The van der Waals surface area contributed by atoms with Crippen LogP contribution in [0.25, 0.3) is 0 Å². The number of carbonyl (C=O) groups is 3. The van der Waals surface area contributed by atoms with Crippen LogP contribution in [0.2, 0.25) is 5.02 Å². The molecule has 0 unspecified atom stereocenters. The van der Waals surface area contributed by atoms with Crippen LogP contribution in [0.15, 0.2) is 71.1 Å². The normalized spacial score (nSPS) is 20.3. The second kappa shape index (κ2) is 10.5. The van der Waals surface area contributed by atoms with E-state index >= 15 is 0 Å². The number of hydrogen-bond acceptors (Lipinski definition) is 5. The average molecular weight is 561 g/mol. The molecule has 5 rings (SSSR count). The maximum Gasteiger partial charge on any atom is 0.262 e. The molecule has 2 aliphatic carbocycles. The van der Waals surface area contributed by atoms with Crippen molar-refractivity contribution in [3.63, 3.8) is 0 Å². The molecule has 0 bridgehead atoms. The lowest BCUT2D eigenvalue weighted by Crippen LogP contribution is -2.44. The van der Waals surface area contributed by atoms with Gasteiger partial charge in [-0.25, -0.2) is 0 Å². The molecule has 40 heavy (non-hydrogen) atoms. The topological polar surface area (TPSA) is 75.7 Å². The van der Waals surface area contributed by atoms with Crippen LogP contribution < -0.4 is 10.1 Å². The van der Waals surface area contributed by atoms with Crippen LogP contribution in [0.3, 0.4) is 0 Å². The quantitative estimate of drug-likeness (QED) is 0.409. The molecule has 7 heteroatoms. The number of Topliss-reactive ketones (excluding diaryl/α,β-unsaturated/α-hetero) is 2. The number of amides is 1. The van der Waals surface area contributed by atoms with Crippen molar-refractivity contribution in [1.82, 2.24) is 4.90 Å². The first kappa shape index (κ1) is 28.2. The number of allylic oxidation sites excluding steroid dienone is 4. The van der Waals surface area contributed by atoms with Gasteiger partial charge in [-0.2, -0.15) is 0 Å². The van der Waals surface area contributed by atoms with Gasteiger partial charge in [0, 0.05) is 47.8 Å². The van der Waals surface area contributed by atoms with Gasteiger partial charge in [-0.05, 0) is 60.4 Å². The third kappa shape index (κ3) is 5.46. The molecule has 0 saturated heterocycles. The lowest BCUT2D eigenvalue weighted by molar-refractivity contribution is -0.120. The summed E-state index contributed by atoms with van der Waals surface area (Å²) in [5.41, 5.74) is 4.61. The van der Waals surface area contributed by atoms with Crippen molar-refractivity contribution in [2.45, 2.75) is 66.2 Å². The molecule has 3 aliphatic rings. The molecule has 0 aromatic heterocycles. The molecule has 1 N–H and O–H groups in total. The maximum absolute atomic E-state index is 13.8. The third-order valence-corrected chi connectivity index (χ3v) is 8.38. The summed E-state index contributed by atoms with van der Waals surface area (Å²) in [6.45, 7) is 11.2. The first-order valence-electron chi connectivity index (χ1n) is 14.0. The first-order chi connectivity index (χ1) is 18.9. The van der Waals surface area contributed by atoms with Gasteiger partial charge in [0.15, 0.2) is 18.2 Å². The van der Waals surface area contributed by atoms with Crippen LogP contribution in [-0.4, -0.2) is 35.5 Å². The predicted molar refractivity (Wildman–Crippen MR) is 157 cm³/mol. The molecular formula is C33H37ClN2O4. The van der Waals surface area contributed by atoms with Crippen molar-refractivity contribution in [3.05, 3.63) is 81.7 Å². The summed E-state index contributed by atoms with van der Waals surface area (Å²) in [4.78, 5) is 42.4. The summed E-state index contributed by atoms with van der Waals surface area (Å²) in [6, 6.07) is 14.5. The Morgan fingerprint density at radius 1 is 0.925 bits per heavy atom. The Labute approximate surface area is 241 Å². The van der Waals surface area contributed by atoms with Gasteiger partial charge in [-0.3, -0.25) is 14.4 Å². The number of ketones is 2. The van der Waals surface area contributed by atoms with Crippen LogP contribution in [-0.2, 0) is 14.4 Å². The van der Waals surface area contributed by atoms with Crippen LogP contribution in [0.5, 0.6) is 5.75 Å². The molecule has 2 aromatic rings. The van der Waals surface area contributed by atoms with Crippen molar-refractivity contribution < 1.29 is 19.1 Å². The van der Waals surface area contributed by atoms with Crippen LogP contribution in [0.4, 0.5) is 5.69 Å². The second-order valence-corrected chi connectivity index (χ2v) is 13.1. The predicted octanol–water partition coefficient (Wildman–Crippen LogP) is 7.06. The van der Waals surface area contributed by atoms with Gasteiger partial charge < -0.3 is 15.0 Å². The van der Waals surface area contributed by atoms with E-state index in [-0.39, 0.29) is 34.9 Å². The first-order valence-corrected chi connectivity index (χ1v) is 14.3. The fraction of sp³-hybridized carbons (Fsp3) is 0.424. The number of nitrogens with zero attached hydrogens (tertiary/aromatic N) is 1. The highest BCUT2D eigenvalue weighted by atomic mass is 35.5. The van der Waals surface area contributed by atoms with E-state index in [1.54, 1.807) is 30.3 Å². The lowest BCUT2D eigenvalue weighted by atomic mass is 9.63. The molecule has 0 atom stereocenters. The molecule has 0 radical (unpaired) electrons. The van der Waals surface area contributed by atoms with Crippen molar-refractivity contribution in [2.24, 2.45) is 10.8 Å². The molecule has 1 amide bonds. The van der Waals surface area contributed by atoms with Crippen molar-refractivity contribution in [3.8, 4) is 5.75 Å². The Morgan fingerprint density at radius 3 is 2.10 bits per heavy atom. The molecular weight excluding hydrogens is 524 g/mol. The molecule has 6 nitrogen and oxygen atoms in total. The largest absolute Gasteiger partial charge is 0.484 e. The zero-order valence-corrected chi connectivity index (χ0v) is 24.7. The van der Waals surface area contributed by atoms with Gasteiger partial charge in [-0.15, -0.1) is 0 Å². The number of nitrogens with one attached hydrogen (secondary N) is 1. The number of ether oxygens (including phenoxy) is 1. The number of para-hydroxylation sites is 1. The maximum atomic E-state index is 13.8. The summed E-state index contributed by atoms with van der Waals surface area (Å²) < 4.78 is 5.88. The minimum atomic E-state index is -0.444. The number of anilines is 1. The summed E-state index contributed by atoms with van der Waals surface area (Å²) in [7, 11) is 0. The molecule has 1 heterocycles.